The molecule has 1 aromatic carbocycles. The van der Waals surface area contributed by atoms with E-state index in [2.05, 4.69) is 16.2 Å². The number of aryl methyl sites for hydroxylation is 1. The predicted octanol–water partition coefficient (Wildman–Crippen LogP) is 4.53. The molecule has 1 aliphatic heterocycles. The molecule has 8 nitrogen and oxygen atoms in total. The topological polar surface area (TPSA) is 90.9 Å². The normalized spacial score (nSPS) is 13.8. The Kier molecular flexibility index (Phi) is 4.64. The maximum absolute atomic E-state index is 13.4. The van der Waals surface area contributed by atoms with Crippen molar-refractivity contribution in [3.8, 4) is 17.3 Å². The number of rotatable bonds is 3. The summed E-state index contributed by atoms with van der Waals surface area (Å²) in [5.74, 6) is 0. The fourth-order valence-corrected chi connectivity index (χ4v) is 4.09. The molecule has 4 aromatic rings. The van der Waals surface area contributed by atoms with Crippen LogP contribution in [-0.2, 0) is 19.0 Å². The van der Waals surface area contributed by atoms with Crippen LogP contribution in [0.4, 0.5) is 16.2 Å². The first-order valence-corrected chi connectivity index (χ1v) is 10.6. The molecule has 0 radical (unpaired) electrons. The van der Waals surface area contributed by atoms with Gasteiger partial charge in [-0.3, -0.25) is 14.6 Å². The Labute approximate surface area is 191 Å². The highest BCUT2D eigenvalue weighted by Gasteiger charge is 2.32. The van der Waals surface area contributed by atoms with E-state index in [1.165, 1.54) is 0 Å². The molecule has 0 fully saturated rings. The Morgan fingerprint density at radius 3 is 2.48 bits per heavy atom. The second kappa shape index (κ2) is 7.41. The minimum Gasteiger partial charge on any atom is -0.323 e. The monoisotopic (exact) mass is 437 g/mol. The Morgan fingerprint density at radius 2 is 1.82 bits per heavy atom. The van der Waals surface area contributed by atoms with E-state index in [1.807, 2.05) is 69.7 Å². The standard InChI is InChI=1S/C25H23N7O/c1-25(2,15-26)18-5-7-19(8-6-18)32-23-17(13-30(3)24(32)33)11-27-21-10-9-20(29-22(21)23)16-12-28-31(4)14-16/h5-12,14H,13H2,1-4H3. The zero-order chi connectivity index (χ0) is 23.3. The molecule has 0 unspecified atom stereocenters. The third kappa shape index (κ3) is 3.38. The average Bonchev–Trinajstić information content (AvgIpc) is 3.26. The van der Waals surface area contributed by atoms with E-state index in [9.17, 15) is 10.1 Å². The summed E-state index contributed by atoms with van der Waals surface area (Å²) in [5.41, 5.74) is 5.69. The molecule has 0 atom stereocenters. The van der Waals surface area contributed by atoms with E-state index in [0.29, 0.717) is 23.3 Å². The van der Waals surface area contributed by atoms with Crippen LogP contribution in [0.5, 0.6) is 0 Å². The van der Waals surface area contributed by atoms with Crippen LogP contribution in [0.15, 0.2) is 55.0 Å². The molecule has 0 spiro atoms. The first-order chi connectivity index (χ1) is 15.8. The van der Waals surface area contributed by atoms with Crippen molar-refractivity contribution in [2.45, 2.75) is 25.8 Å². The highest BCUT2D eigenvalue weighted by molar-refractivity contribution is 6.08. The van der Waals surface area contributed by atoms with Crippen molar-refractivity contribution in [2.75, 3.05) is 11.9 Å². The molecule has 3 aromatic heterocycles. The van der Waals surface area contributed by atoms with Gasteiger partial charge in [0.1, 0.15) is 5.52 Å². The highest BCUT2D eigenvalue weighted by Crippen LogP contribution is 2.39. The second-order valence-electron chi connectivity index (χ2n) is 8.86. The van der Waals surface area contributed by atoms with Gasteiger partial charge in [0, 0.05) is 37.6 Å². The largest absolute Gasteiger partial charge is 0.329 e. The number of anilines is 2. The molecular weight excluding hydrogens is 414 g/mol. The highest BCUT2D eigenvalue weighted by atomic mass is 16.2. The van der Waals surface area contributed by atoms with Gasteiger partial charge in [-0.15, -0.1) is 0 Å². The van der Waals surface area contributed by atoms with Crippen LogP contribution in [0, 0.1) is 11.3 Å². The number of benzene rings is 1. The maximum atomic E-state index is 13.4. The number of hydrogen-bond acceptors (Lipinski definition) is 5. The van der Waals surface area contributed by atoms with Crippen molar-refractivity contribution in [3.05, 3.63) is 66.1 Å². The summed E-state index contributed by atoms with van der Waals surface area (Å²) >= 11 is 0. The van der Waals surface area contributed by atoms with E-state index < -0.39 is 5.41 Å². The zero-order valence-corrected chi connectivity index (χ0v) is 18.9. The van der Waals surface area contributed by atoms with Crippen LogP contribution in [0.1, 0.15) is 25.0 Å². The van der Waals surface area contributed by atoms with Crippen LogP contribution in [0.25, 0.3) is 22.3 Å². The van der Waals surface area contributed by atoms with Crippen LogP contribution in [-0.4, -0.2) is 37.7 Å². The SMILES string of the molecule is CN1Cc2cnc3ccc(-c4cnn(C)c4)nc3c2N(c2ccc(C(C)(C)C#N)cc2)C1=O. The summed E-state index contributed by atoms with van der Waals surface area (Å²) in [4.78, 5) is 26.2. The lowest BCUT2D eigenvalue weighted by Gasteiger charge is -2.35. The van der Waals surface area contributed by atoms with Crippen molar-refractivity contribution < 1.29 is 4.79 Å². The van der Waals surface area contributed by atoms with E-state index in [4.69, 9.17) is 4.98 Å². The van der Waals surface area contributed by atoms with Crippen molar-refractivity contribution in [3.63, 3.8) is 0 Å². The molecule has 4 heterocycles. The van der Waals surface area contributed by atoms with Gasteiger partial charge >= 0.3 is 6.03 Å². The van der Waals surface area contributed by atoms with Crippen LogP contribution >= 0.6 is 0 Å². The first-order valence-electron chi connectivity index (χ1n) is 10.6. The fraction of sp³-hybridized carbons (Fsp3) is 0.240. The summed E-state index contributed by atoms with van der Waals surface area (Å²) in [5, 5.41) is 13.7. The lowest BCUT2D eigenvalue weighted by molar-refractivity contribution is 0.213. The second-order valence-corrected chi connectivity index (χ2v) is 8.86. The number of amides is 2. The zero-order valence-electron chi connectivity index (χ0n) is 18.9. The molecule has 1 aliphatic rings. The number of aromatic nitrogens is 4. The van der Waals surface area contributed by atoms with E-state index in [0.717, 1.165) is 28.1 Å². The summed E-state index contributed by atoms with van der Waals surface area (Å²) in [6, 6.07) is 13.6. The molecule has 2 amide bonds. The summed E-state index contributed by atoms with van der Waals surface area (Å²) < 4.78 is 1.73. The molecule has 0 N–H and O–H groups in total. The fourth-order valence-electron chi connectivity index (χ4n) is 4.09. The van der Waals surface area contributed by atoms with Gasteiger partial charge in [-0.1, -0.05) is 12.1 Å². The lowest BCUT2D eigenvalue weighted by atomic mass is 9.86. The quantitative estimate of drug-likeness (QED) is 0.469. The van der Waals surface area contributed by atoms with Gasteiger partial charge < -0.3 is 4.90 Å². The molecular formula is C25H23N7O. The van der Waals surface area contributed by atoms with Gasteiger partial charge in [-0.2, -0.15) is 10.4 Å². The number of pyridine rings is 2. The number of nitrogens with zero attached hydrogens (tertiary/aromatic N) is 7. The van der Waals surface area contributed by atoms with Gasteiger partial charge in [-0.25, -0.2) is 9.78 Å². The summed E-state index contributed by atoms with van der Waals surface area (Å²) in [7, 11) is 3.64. The Morgan fingerprint density at radius 1 is 1.06 bits per heavy atom. The van der Waals surface area contributed by atoms with E-state index >= 15 is 0 Å². The predicted molar refractivity (Wildman–Crippen MR) is 126 cm³/mol. The Hall–Kier alpha value is -4.25. The Balaban J connectivity index is 1.70. The molecule has 0 saturated carbocycles. The van der Waals surface area contributed by atoms with Crippen LogP contribution < -0.4 is 4.90 Å². The molecule has 0 saturated heterocycles. The third-order valence-electron chi connectivity index (χ3n) is 6.04. The average molecular weight is 438 g/mol. The van der Waals surface area contributed by atoms with Crippen molar-refractivity contribution >= 4 is 28.4 Å². The third-order valence-corrected chi connectivity index (χ3v) is 6.04. The lowest BCUT2D eigenvalue weighted by Crippen LogP contribution is -2.42. The van der Waals surface area contributed by atoms with E-state index in [1.54, 1.807) is 27.7 Å². The van der Waals surface area contributed by atoms with Gasteiger partial charge in [0.25, 0.3) is 0 Å². The molecule has 8 heteroatoms. The minimum absolute atomic E-state index is 0.143. The molecule has 33 heavy (non-hydrogen) atoms. The van der Waals surface area contributed by atoms with Crippen molar-refractivity contribution in [1.29, 1.82) is 5.26 Å². The van der Waals surface area contributed by atoms with E-state index in [-0.39, 0.29) is 6.03 Å². The van der Waals surface area contributed by atoms with Gasteiger partial charge in [0.05, 0.1) is 46.8 Å². The minimum atomic E-state index is -0.615. The van der Waals surface area contributed by atoms with Gasteiger partial charge in [0.2, 0.25) is 0 Å². The molecule has 5 rings (SSSR count). The molecule has 164 valence electrons. The number of hydrogen-bond donors (Lipinski definition) is 0. The number of nitriles is 1. The van der Waals surface area contributed by atoms with Crippen LogP contribution in [0.3, 0.4) is 0 Å². The van der Waals surface area contributed by atoms with Gasteiger partial charge in [-0.05, 0) is 43.7 Å². The Bertz CT molecular complexity index is 1430. The smallest absolute Gasteiger partial charge is 0.323 e. The first kappa shape index (κ1) is 20.6. The van der Waals surface area contributed by atoms with Crippen molar-refractivity contribution in [2.24, 2.45) is 7.05 Å². The number of carbonyl (C=O) groups excluding carboxylic acids is 1. The number of urea groups is 1. The summed E-state index contributed by atoms with van der Waals surface area (Å²) in [6.45, 7) is 4.20. The molecule has 0 bridgehead atoms. The summed E-state index contributed by atoms with van der Waals surface area (Å²) in [6.07, 6.45) is 5.49. The van der Waals surface area contributed by atoms with Crippen LogP contribution in [0.2, 0.25) is 0 Å². The molecule has 0 aliphatic carbocycles. The van der Waals surface area contributed by atoms with Crippen molar-refractivity contribution in [1.82, 2.24) is 24.6 Å². The number of carbonyl (C=O) groups is 1. The van der Waals surface area contributed by atoms with Gasteiger partial charge in [0.15, 0.2) is 0 Å². The maximum Gasteiger partial charge on any atom is 0.329 e. The number of fused-ring (bicyclic) bond motifs is 3.